The molecule has 0 aliphatic rings. The van der Waals surface area contributed by atoms with Crippen molar-refractivity contribution in [3.05, 3.63) is 130 Å². The largest absolute Gasteiger partial charge is 0.355 e. The Morgan fingerprint density at radius 2 is 1.49 bits per heavy atom. The van der Waals surface area contributed by atoms with Gasteiger partial charge < -0.3 is 10.2 Å². The molecule has 0 aromatic heterocycles. The summed E-state index contributed by atoms with van der Waals surface area (Å²) >= 11 is 3.44. The monoisotopic (exact) mass is 661 g/mol. The highest BCUT2D eigenvalue weighted by atomic mass is 79.9. The molecule has 1 unspecified atom stereocenters. The Balaban J connectivity index is 1.80. The lowest BCUT2D eigenvalue weighted by Gasteiger charge is -2.34. The number of aryl methyl sites for hydroxylation is 2. The third-order valence-electron chi connectivity index (χ3n) is 7.04. The van der Waals surface area contributed by atoms with Crippen molar-refractivity contribution in [2.75, 3.05) is 17.4 Å². The predicted octanol–water partition coefficient (Wildman–Crippen LogP) is 6.04. The van der Waals surface area contributed by atoms with E-state index in [2.05, 4.69) is 21.2 Å². The van der Waals surface area contributed by atoms with Gasteiger partial charge in [0, 0.05) is 24.0 Å². The average Bonchev–Trinajstić information content (AvgIpc) is 2.98. The topological polar surface area (TPSA) is 86.8 Å². The van der Waals surface area contributed by atoms with E-state index in [0.717, 1.165) is 26.6 Å². The van der Waals surface area contributed by atoms with E-state index in [1.807, 2.05) is 75.4 Å². The molecular weight excluding hydrogens is 626 g/mol. The van der Waals surface area contributed by atoms with Crippen LogP contribution in [0.2, 0.25) is 0 Å². The fourth-order valence-electron chi connectivity index (χ4n) is 4.85. The molecule has 2 amide bonds. The van der Waals surface area contributed by atoms with Crippen LogP contribution in [0.1, 0.15) is 29.2 Å². The van der Waals surface area contributed by atoms with Gasteiger partial charge in [0.15, 0.2) is 0 Å². The van der Waals surface area contributed by atoms with Crippen LogP contribution < -0.4 is 9.62 Å². The van der Waals surface area contributed by atoms with E-state index >= 15 is 0 Å². The number of nitrogens with zero attached hydrogens (tertiary/aromatic N) is 2. The van der Waals surface area contributed by atoms with Gasteiger partial charge in [-0.2, -0.15) is 0 Å². The Bertz CT molecular complexity index is 1660. The number of benzene rings is 4. The highest BCUT2D eigenvalue weighted by Crippen LogP contribution is 2.27. The number of rotatable bonds is 12. The SMILES string of the molecule is CCNC(=O)C(Cc1ccccc1)N(Cc1cccc(C)c1)C(=O)CN(c1cccc(Br)c1)S(=O)(=O)c1ccc(C)cc1. The summed E-state index contributed by atoms with van der Waals surface area (Å²) in [6.07, 6.45) is 0.270. The van der Waals surface area contributed by atoms with E-state index in [-0.39, 0.29) is 23.8 Å². The number of amides is 2. The van der Waals surface area contributed by atoms with Crippen molar-refractivity contribution >= 4 is 43.5 Å². The van der Waals surface area contributed by atoms with Gasteiger partial charge in [-0.1, -0.05) is 99.9 Å². The molecule has 0 saturated heterocycles. The summed E-state index contributed by atoms with van der Waals surface area (Å²) in [5.74, 6) is -0.799. The molecule has 0 saturated carbocycles. The summed E-state index contributed by atoms with van der Waals surface area (Å²) in [5, 5.41) is 2.88. The molecule has 0 aliphatic carbocycles. The zero-order valence-corrected chi connectivity index (χ0v) is 26.9. The first-order valence-corrected chi connectivity index (χ1v) is 16.3. The maximum absolute atomic E-state index is 14.4. The summed E-state index contributed by atoms with van der Waals surface area (Å²) in [6, 6.07) is 29.7. The number of anilines is 1. The van der Waals surface area contributed by atoms with Gasteiger partial charge in [0.05, 0.1) is 10.6 Å². The lowest BCUT2D eigenvalue weighted by Crippen LogP contribution is -2.53. The molecule has 9 heteroatoms. The molecule has 4 rings (SSSR count). The summed E-state index contributed by atoms with van der Waals surface area (Å²) in [6.45, 7) is 5.69. The van der Waals surface area contributed by atoms with E-state index in [1.54, 1.807) is 36.4 Å². The van der Waals surface area contributed by atoms with Gasteiger partial charge in [0.25, 0.3) is 10.0 Å². The fraction of sp³-hybridized carbons (Fsp3) is 0.235. The second kappa shape index (κ2) is 14.5. The smallest absolute Gasteiger partial charge is 0.264 e. The second-order valence-corrected chi connectivity index (χ2v) is 13.2. The van der Waals surface area contributed by atoms with Crippen LogP contribution in [0.3, 0.4) is 0 Å². The maximum Gasteiger partial charge on any atom is 0.264 e. The van der Waals surface area contributed by atoms with Gasteiger partial charge in [0.1, 0.15) is 12.6 Å². The van der Waals surface area contributed by atoms with Crippen molar-refractivity contribution in [2.45, 2.75) is 44.7 Å². The third-order valence-corrected chi connectivity index (χ3v) is 9.32. The first-order chi connectivity index (χ1) is 20.6. The van der Waals surface area contributed by atoms with Gasteiger partial charge in [-0.25, -0.2) is 8.42 Å². The number of likely N-dealkylation sites (N-methyl/N-ethyl adjacent to an activating group) is 1. The van der Waals surface area contributed by atoms with Crippen LogP contribution in [-0.4, -0.2) is 44.3 Å². The minimum absolute atomic E-state index is 0.0701. The molecule has 224 valence electrons. The van der Waals surface area contributed by atoms with Crippen molar-refractivity contribution in [1.29, 1.82) is 0 Å². The molecule has 43 heavy (non-hydrogen) atoms. The molecular formula is C34H36BrN3O4S. The molecule has 0 bridgehead atoms. The van der Waals surface area contributed by atoms with Crippen LogP contribution in [-0.2, 0) is 32.6 Å². The number of carbonyl (C=O) groups excluding carboxylic acids is 2. The first kappa shape index (κ1) is 32.0. The summed E-state index contributed by atoms with van der Waals surface area (Å²) < 4.78 is 29.9. The van der Waals surface area contributed by atoms with Gasteiger partial charge >= 0.3 is 0 Å². The van der Waals surface area contributed by atoms with Gasteiger partial charge in [0.2, 0.25) is 11.8 Å². The maximum atomic E-state index is 14.4. The van der Waals surface area contributed by atoms with E-state index in [4.69, 9.17) is 0 Å². The zero-order valence-electron chi connectivity index (χ0n) is 24.5. The second-order valence-electron chi connectivity index (χ2n) is 10.4. The minimum atomic E-state index is -4.15. The summed E-state index contributed by atoms with van der Waals surface area (Å²) in [5.41, 5.74) is 3.98. The van der Waals surface area contributed by atoms with Crippen molar-refractivity contribution < 1.29 is 18.0 Å². The predicted molar refractivity (Wildman–Crippen MR) is 174 cm³/mol. The Labute approximate surface area is 262 Å². The third kappa shape index (κ3) is 8.33. The van der Waals surface area contributed by atoms with Crippen LogP contribution in [0, 0.1) is 13.8 Å². The normalized spacial score (nSPS) is 11.9. The van der Waals surface area contributed by atoms with Crippen LogP contribution in [0.15, 0.2) is 112 Å². The van der Waals surface area contributed by atoms with E-state index in [1.165, 1.54) is 17.0 Å². The quantitative estimate of drug-likeness (QED) is 0.201. The van der Waals surface area contributed by atoms with Crippen molar-refractivity contribution in [3.8, 4) is 0 Å². The molecule has 0 aliphatic heterocycles. The lowest BCUT2D eigenvalue weighted by atomic mass is 10.0. The number of carbonyl (C=O) groups is 2. The van der Waals surface area contributed by atoms with Crippen LogP contribution >= 0.6 is 15.9 Å². The number of halogens is 1. The van der Waals surface area contributed by atoms with Gasteiger partial charge in [-0.15, -0.1) is 0 Å². The van der Waals surface area contributed by atoms with Crippen molar-refractivity contribution in [2.24, 2.45) is 0 Å². The molecule has 0 fully saturated rings. The Morgan fingerprint density at radius 1 is 0.814 bits per heavy atom. The highest BCUT2D eigenvalue weighted by Gasteiger charge is 2.34. The molecule has 0 spiro atoms. The van der Waals surface area contributed by atoms with Gasteiger partial charge in [-0.3, -0.25) is 13.9 Å². The minimum Gasteiger partial charge on any atom is -0.355 e. The van der Waals surface area contributed by atoms with E-state index in [0.29, 0.717) is 16.7 Å². The fourth-order valence-corrected chi connectivity index (χ4v) is 6.64. The zero-order chi connectivity index (χ0) is 31.0. The van der Waals surface area contributed by atoms with Crippen LogP contribution in [0.25, 0.3) is 0 Å². The number of hydrogen-bond acceptors (Lipinski definition) is 4. The van der Waals surface area contributed by atoms with Crippen LogP contribution in [0.4, 0.5) is 5.69 Å². The molecule has 0 heterocycles. The van der Waals surface area contributed by atoms with Crippen molar-refractivity contribution in [3.63, 3.8) is 0 Å². The lowest BCUT2D eigenvalue weighted by molar-refractivity contribution is -0.140. The van der Waals surface area contributed by atoms with E-state index in [9.17, 15) is 18.0 Å². The summed E-state index contributed by atoms with van der Waals surface area (Å²) in [4.78, 5) is 29.5. The van der Waals surface area contributed by atoms with Crippen LogP contribution in [0.5, 0.6) is 0 Å². The van der Waals surface area contributed by atoms with E-state index < -0.39 is 28.5 Å². The molecule has 1 atom stereocenters. The number of sulfonamides is 1. The Morgan fingerprint density at radius 3 is 2.14 bits per heavy atom. The standard InChI is InChI=1S/C34H36BrN3O4S/c1-4-36-34(40)32(21-27-11-6-5-7-12-27)37(23-28-13-8-10-26(3)20-28)33(39)24-38(30-15-9-14-29(35)22-30)43(41,42)31-18-16-25(2)17-19-31/h5-20,22,32H,4,21,23-24H2,1-3H3,(H,36,40). The molecule has 0 radical (unpaired) electrons. The number of nitrogens with one attached hydrogen (secondary N) is 1. The average molecular weight is 663 g/mol. The Kier molecular flexibility index (Phi) is 10.8. The van der Waals surface area contributed by atoms with Crippen molar-refractivity contribution in [1.82, 2.24) is 10.2 Å². The highest BCUT2D eigenvalue weighted by molar-refractivity contribution is 9.10. The Hall–Kier alpha value is -3.95. The molecule has 4 aromatic rings. The molecule has 7 nitrogen and oxygen atoms in total. The number of hydrogen-bond donors (Lipinski definition) is 1. The molecule has 4 aromatic carbocycles. The molecule has 1 N–H and O–H groups in total. The summed E-state index contributed by atoms with van der Waals surface area (Å²) in [7, 11) is -4.15. The first-order valence-electron chi connectivity index (χ1n) is 14.1. The van der Waals surface area contributed by atoms with Gasteiger partial charge in [-0.05, 0) is 62.2 Å².